The van der Waals surface area contributed by atoms with Crippen molar-refractivity contribution in [3.8, 4) is 0 Å². The summed E-state index contributed by atoms with van der Waals surface area (Å²) in [4.78, 5) is 11.8. The SMILES string of the molecule is O=C(OC1C(O)O[C@H](COS(=O)(=O)C(F)(F)F)C1F)c1ccccc1. The topological polar surface area (TPSA) is 99.1 Å². The molecule has 1 aliphatic rings. The first kappa shape index (κ1) is 19.6. The zero-order valence-electron chi connectivity index (χ0n) is 12.2. The zero-order valence-corrected chi connectivity index (χ0v) is 13.0. The average molecular weight is 388 g/mol. The predicted octanol–water partition coefficient (Wildman–Crippen LogP) is 1.13. The minimum Gasteiger partial charge on any atom is -0.450 e. The van der Waals surface area contributed by atoms with E-state index >= 15 is 0 Å². The van der Waals surface area contributed by atoms with E-state index in [-0.39, 0.29) is 5.56 Å². The summed E-state index contributed by atoms with van der Waals surface area (Å²) >= 11 is 0. The standard InChI is InChI=1S/C13H12F4O7S/c14-9-8(6-22-25(20,21)13(15,16)17)23-12(19)10(9)24-11(18)7-4-2-1-3-5-7/h1-5,8-10,12,19H,6H2/t8-,9?,10?,12?/m1/s1. The second-order valence-electron chi connectivity index (χ2n) is 4.93. The normalized spacial score (nSPS) is 27.2. The second kappa shape index (κ2) is 7.23. The number of ether oxygens (including phenoxy) is 2. The summed E-state index contributed by atoms with van der Waals surface area (Å²) in [5, 5.41) is 9.55. The number of benzene rings is 1. The smallest absolute Gasteiger partial charge is 0.450 e. The molecule has 1 heterocycles. The Bertz CT molecular complexity index is 707. The molecule has 12 heteroatoms. The first-order valence-electron chi connectivity index (χ1n) is 6.72. The highest BCUT2D eigenvalue weighted by atomic mass is 32.2. The van der Waals surface area contributed by atoms with Crippen LogP contribution in [0.25, 0.3) is 0 Å². The highest BCUT2D eigenvalue weighted by Crippen LogP contribution is 2.29. The summed E-state index contributed by atoms with van der Waals surface area (Å²) in [6.07, 6.45) is -8.02. The van der Waals surface area contributed by atoms with E-state index in [9.17, 15) is 35.9 Å². The number of rotatable bonds is 5. The van der Waals surface area contributed by atoms with Crippen LogP contribution in [0.4, 0.5) is 17.6 Å². The molecule has 1 aromatic rings. The molecule has 0 bridgehead atoms. The molecule has 2 rings (SSSR count). The minimum atomic E-state index is -5.95. The number of aliphatic hydroxyl groups excluding tert-OH is 1. The van der Waals surface area contributed by atoms with Crippen molar-refractivity contribution in [2.45, 2.75) is 30.2 Å². The van der Waals surface area contributed by atoms with Gasteiger partial charge < -0.3 is 14.6 Å². The molecule has 0 saturated carbocycles. The lowest BCUT2D eigenvalue weighted by molar-refractivity contribution is -0.134. The van der Waals surface area contributed by atoms with Gasteiger partial charge in [0.1, 0.15) is 6.10 Å². The summed E-state index contributed by atoms with van der Waals surface area (Å²) in [6.45, 7) is -1.35. The highest BCUT2D eigenvalue weighted by molar-refractivity contribution is 7.87. The molecule has 0 spiro atoms. The Labute approximate surface area is 139 Å². The molecular formula is C13H12F4O7S. The Balaban J connectivity index is 1.99. The van der Waals surface area contributed by atoms with Gasteiger partial charge in [-0.05, 0) is 12.1 Å². The van der Waals surface area contributed by atoms with Crippen molar-refractivity contribution in [1.29, 1.82) is 0 Å². The molecule has 1 aliphatic heterocycles. The van der Waals surface area contributed by atoms with Crippen molar-refractivity contribution < 1.29 is 49.5 Å². The van der Waals surface area contributed by atoms with Crippen LogP contribution in [0.3, 0.4) is 0 Å². The van der Waals surface area contributed by atoms with Gasteiger partial charge in [-0.1, -0.05) is 18.2 Å². The van der Waals surface area contributed by atoms with E-state index in [4.69, 9.17) is 4.74 Å². The van der Waals surface area contributed by atoms with Gasteiger partial charge in [-0.2, -0.15) is 21.6 Å². The summed E-state index contributed by atoms with van der Waals surface area (Å²) in [6, 6.07) is 7.33. The molecule has 0 radical (unpaired) electrons. The van der Waals surface area contributed by atoms with E-state index in [2.05, 4.69) is 8.92 Å². The lowest BCUT2D eigenvalue weighted by Gasteiger charge is -2.16. The lowest BCUT2D eigenvalue weighted by atomic mass is 10.1. The number of esters is 1. The molecule has 1 fully saturated rings. The van der Waals surface area contributed by atoms with Crippen molar-refractivity contribution in [2.24, 2.45) is 0 Å². The Morgan fingerprint density at radius 3 is 2.40 bits per heavy atom. The number of alkyl halides is 4. The number of carbonyl (C=O) groups excluding carboxylic acids is 1. The fraction of sp³-hybridized carbons (Fsp3) is 0.462. The van der Waals surface area contributed by atoms with Crippen LogP contribution in [0.2, 0.25) is 0 Å². The van der Waals surface area contributed by atoms with Crippen LogP contribution in [0.5, 0.6) is 0 Å². The number of hydrogen-bond acceptors (Lipinski definition) is 7. The molecule has 3 unspecified atom stereocenters. The number of hydrogen-bond donors (Lipinski definition) is 1. The molecule has 1 saturated heterocycles. The maximum absolute atomic E-state index is 14.1. The van der Waals surface area contributed by atoms with E-state index in [0.717, 1.165) is 0 Å². The average Bonchev–Trinajstić information content (AvgIpc) is 2.80. The van der Waals surface area contributed by atoms with Crippen LogP contribution in [-0.4, -0.2) is 56.3 Å². The quantitative estimate of drug-likeness (QED) is 0.349. The largest absolute Gasteiger partial charge is 0.523 e. The van der Waals surface area contributed by atoms with Gasteiger partial charge in [0, 0.05) is 0 Å². The number of carbonyl (C=O) groups is 1. The second-order valence-corrected chi connectivity index (χ2v) is 6.54. The van der Waals surface area contributed by atoms with Crippen LogP contribution < -0.4 is 0 Å². The summed E-state index contributed by atoms with van der Waals surface area (Å²) in [5.41, 5.74) is -5.64. The Morgan fingerprint density at radius 1 is 1.24 bits per heavy atom. The van der Waals surface area contributed by atoms with E-state index in [1.807, 2.05) is 0 Å². The van der Waals surface area contributed by atoms with Crippen LogP contribution in [0.15, 0.2) is 30.3 Å². The van der Waals surface area contributed by atoms with Crippen LogP contribution in [0.1, 0.15) is 10.4 Å². The van der Waals surface area contributed by atoms with Gasteiger partial charge in [0.2, 0.25) is 0 Å². The van der Waals surface area contributed by atoms with Crippen molar-refractivity contribution in [3.05, 3.63) is 35.9 Å². The minimum absolute atomic E-state index is 0.0428. The van der Waals surface area contributed by atoms with E-state index in [1.165, 1.54) is 24.3 Å². The van der Waals surface area contributed by atoms with Gasteiger partial charge >= 0.3 is 21.6 Å². The molecule has 140 valence electrons. The van der Waals surface area contributed by atoms with Gasteiger partial charge in [-0.3, -0.25) is 4.18 Å². The van der Waals surface area contributed by atoms with Crippen molar-refractivity contribution in [3.63, 3.8) is 0 Å². The van der Waals surface area contributed by atoms with Crippen molar-refractivity contribution in [1.82, 2.24) is 0 Å². The van der Waals surface area contributed by atoms with Gasteiger partial charge in [0.15, 0.2) is 18.6 Å². The van der Waals surface area contributed by atoms with E-state index < -0.39 is 52.9 Å². The van der Waals surface area contributed by atoms with Crippen LogP contribution in [-0.2, 0) is 23.8 Å². The van der Waals surface area contributed by atoms with Gasteiger partial charge in [0.05, 0.1) is 12.2 Å². The Morgan fingerprint density at radius 2 is 1.84 bits per heavy atom. The molecule has 1 N–H and O–H groups in total. The predicted molar refractivity (Wildman–Crippen MR) is 72.3 cm³/mol. The van der Waals surface area contributed by atoms with Gasteiger partial charge in [-0.15, -0.1) is 0 Å². The lowest BCUT2D eigenvalue weighted by Crippen LogP contribution is -2.36. The van der Waals surface area contributed by atoms with Crippen molar-refractivity contribution in [2.75, 3.05) is 6.61 Å². The summed E-state index contributed by atoms with van der Waals surface area (Å²) in [5.74, 6) is -1.000. The molecular weight excluding hydrogens is 376 g/mol. The molecule has 25 heavy (non-hydrogen) atoms. The zero-order chi connectivity index (χ0) is 18.8. The maximum atomic E-state index is 14.1. The molecule has 0 aliphatic carbocycles. The Kier molecular flexibility index (Phi) is 5.66. The van der Waals surface area contributed by atoms with E-state index in [1.54, 1.807) is 6.07 Å². The molecule has 7 nitrogen and oxygen atoms in total. The summed E-state index contributed by atoms with van der Waals surface area (Å²) in [7, 11) is -5.95. The molecule has 4 atom stereocenters. The first-order valence-corrected chi connectivity index (χ1v) is 8.13. The number of aliphatic hydroxyl groups is 1. The summed E-state index contributed by atoms with van der Waals surface area (Å²) < 4.78 is 85.1. The fourth-order valence-electron chi connectivity index (χ4n) is 1.94. The third-order valence-electron chi connectivity index (χ3n) is 3.19. The molecule has 0 amide bonds. The maximum Gasteiger partial charge on any atom is 0.523 e. The Hall–Kier alpha value is -1.76. The van der Waals surface area contributed by atoms with E-state index in [0.29, 0.717) is 0 Å². The van der Waals surface area contributed by atoms with Crippen molar-refractivity contribution >= 4 is 16.1 Å². The monoisotopic (exact) mass is 388 g/mol. The third-order valence-corrected chi connectivity index (χ3v) is 4.20. The van der Waals surface area contributed by atoms with Crippen LogP contribution >= 0.6 is 0 Å². The van der Waals surface area contributed by atoms with Gasteiger partial charge in [-0.25, -0.2) is 9.18 Å². The molecule has 0 aromatic heterocycles. The fourth-order valence-corrected chi connectivity index (χ4v) is 2.39. The third kappa shape index (κ3) is 4.45. The van der Waals surface area contributed by atoms with Crippen LogP contribution in [0, 0.1) is 0 Å². The number of halogens is 4. The first-order chi connectivity index (χ1) is 11.5. The highest BCUT2D eigenvalue weighted by Gasteiger charge is 2.51. The van der Waals surface area contributed by atoms with Gasteiger partial charge in [0.25, 0.3) is 0 Å². The molecule has 1 aromatic carbocycles.